The van der Waals surface area contributed by atoms with E-state index in [2.05, 4.69) is 45.5 Å². The van der Waals surface area contributed by atoms with Crippen LogP contribution in [0.5, 0.6) is 0 Å². The van der Waals surface area contributed by atoms with Gasteiger partial charge in [0.1, 0.15) is 0 Å². The summed E-state index contributed by atoms with van der Waals surface area (Å²) in [7, 11) is 0. The van der Waals surface area contributed by atoms with Gasteiger partial charge in [0.15, 0.2) is 0 Å². The number of hydrogen-bond acceptors (Lipinski definition) is 5. The van der Waals surface area contributed by atoms with E-state index >= 15 is 0 Å². The van der Waals surface area contributed by atoms with Gasteiger partial charge in [-0.15, -0.1) is 5.10 Å². The Morgan fingerprint density at radius 1 is 1.33 bits per heavy atom. The van der Waals surface area contributed by atoms with Gasteiger partial charge in [-0.1, -0.05) is 22.8 Å². The molecule has 5 heteroatoms. The molecule has 1 aromatic heterocycles. The molecule has 2 aromatic rings. The van der Waals surface area contributed by atoms with Gasteiger partial charge in [-0.25, -0.2) is 0 Å². The van der Waals surface area contributed by atoms with Crippen molar-refractivity contribution in [1.29, 1.82) is 0 Å². The fourth-order valence-electron chi connectivity index (χ4n) is 2.87. The minimum atomic E-state index is 0.618. The fourth-order valence-corrected chi connectivity index (χ4v) is 2.87. The first kappa shape index (κ1) is 12.8. The fraction of sp³-hybridized carbons (Fsp3) is 0.500. The molecule has 1 aromatic carbocycles. The van der Waals surface area contributed by atoms with E-state index in [9.17, 15) is 0 Å². The Hall–Kier alpha value is -1.88. The van der Waals surface area contributed by atoms with Crippen molar-refractivity contribution in [1.82, 2.24) is 15.5 Å². The predicted molar refractivity (Wildman–Crippen MR) is 80.7 cm³/mol. The van der Waals surface area contributed by atoms with Crippen LogP contribution >= 0.6 is 0 Å². The lowest BCUT2D eigenvalue weighted by Gasteiger charge is -2.27. The summed E-state index contributed by atoms with van der Waals surface area (Å²) >= 11 is 0. The number of benzene rings is 1. The minimum absolute atomic E-state index is 0.618. The second-order valence-corrected chi connectivity index (χ2v) is 6.02. The molecule has 110 valence electrons. The zero-order chi connectivity index (χ0) is 14.2. The van der Waals surface area contributed by atoms with Crippen LogP contribution in [0.1, 0.15) is 36.3 Å². The molecule has 0 radical (unpaired) electrons. The maximum atomic E-state index is 5.83. The molecular weight excluding hydrogens is 264 g/mol. The van der Waals surface area contributed by atoms with Crippen molar-refractivity contribution in [3.05, 3.63) is 35.2 Å². The van der Waals surface area contributed by atoms with Crippen molar-refractivity contribution in [2.75, 3.05) is 11.4 Å². The molecule has 0 atom stereocenters. The van der Waals surface area contributed by atoms with Gasteiger partial charge in [-0.3, -0.25) is 4.90 Å². The van der Waals surface area contributed by atoms with E-state index in [0.717, 1.165) is 19.4 Å². The van der Waals surface area contributed by atoms with Gasteiger partial charge in [0, 0.05) is 18.3 Å². The van der Waals surface area contributed by atoms with E-state index in [1.807, 2.05) is 0 Å². The first-order valence-electron chi connectivity index (χ1n) is 7.72. The first-order chi connectivity index (χ1) is 10.3. The highest BCUT2D eigenvalue weighted by atomic mass is 16.4. The summed E-state index contributed by atoms with van der Waals surface area (Å²) in [5, 5.41) is 11.8. The third kappa shape index (κ3) is 2.65. The monoisotopic (exact) mass is 284 g/mol. The van der Waals surface area contributed by atoms with Gasteiger partial charge in [-0.2, -0.15) is 0 Å². The van der Waals surface area contributed by atoms with Crippen molar-refractivity contribution in [2.45, 2.75) is 45.2 Å². The number of nitrogens with zero attached hydrogens (tertiary/aromatic N) is 3. The topological polar surface area (TPSA) is 54.2 Å². The maximum Gasteiger partial charge on any atom is 0.322 e. The number of hydrogen-bond donors (Lipinski definition) is 1. The Morgan fingerprint density at radius 2 is 2.24 bits per heavy atom. The van der Waals surface area contributed by atoms with Gasteiger partial charge in [0.25, 0.3) is 0 Å². The van der Waals surface area contributed by atoms with Gasteiger partial charge in [-0.05, 0) is 44.2 Å². The standard InChI is InChI=1S/C16H20N4O/c1-11-4-7-14-12(9-11)3-2-8-20(14)16-19-18-15(21-16)10-17-13-5-6-13/h4,7,9,13,17H,2-3,5-6,8,10H2,1H3. The lowest BCUT2D eigenvalue weighted by molar-refractivity contribution is 0.465. The Kier molecular flexibility index (Phi) is 3.15. The zero-order valence-electron chi connectivity index (χ0n) is 12.3. The number of nitrogens with one attached hydrogen (secondary N) is 1. The van der Waals surface area contributed by atoms with Crippen LogP contribution < -0.4 is 10.2 Å². The Labute approximate surface area is 124 Å². The van der Waals surface area contributed by atoms with Crippen LogP contribution in [-0.4, -0.2) is 22.8 Å². The van der Waals surface area contributed by atoms with Crippen molar-refractivity contribution in [3.8, 4) is 0 Å². The second-order valence-electron chi connectivity index (χ2n) is 6.02. The van der Waals surface area contributed by atoms with Crippen LogP contribution in [0, 0.1) is 6.92 Å². The van der Waals surface area contributed by atoms with E-state index in [4.69, 9.17) is 4.42 Å². The average molecular weight is 284 g/mol. The van der Waals surface area contributed by atoms with Crippen molar-refractivity contribution >= 4 is 11.7 Å². The van der Waals surface area contributed by atoms with Crippen LogP contribution in [0.15, 0.2) is 22.6 Å². The number of rotatable bonds is 4. The van der Waals surface area contributed by atoms with E-state index < -0.39 is 0 Å². The summed E-state index contributed by atoms with van der Waals surface area (Å²) in [5.41, 5.74) is 3.88. The molecule has 1 saturated carbocycles. The molecule has 0 amide bonds. The molecule has 2 heterocycles. The summed E-state index contributed by atoms with van der Waals surface area (Å²) in [6.07, 6.45) is 4.77. The highest BCUT2D eigenvalue weighted by Crippen LogP contribution is 2.33. The molecule has 21 heavy (non-hydrogen) atoms. The van der Waals surface area contributed by atoms with Gasteiger partial charge < -0.3 is 9.73 Å². The molecule has 0 saturated heterocycles. The molecule has 0 spiro atoms. The minimum Gasteiger partial charge on any atom is -0.406 e. The molecule has 1 aliphatic carbocycles. The number of aryl methyl sites for hydroxylation is 2. The smallest absolute Gasteiger partial charge is 0.322 e. The van der Waals surface area contributed by atoms with Crippen molar-refractivity contribution in [2.24, 2.45) is 0 Å². The van der Waals surface area contributed by atoms with Gasteiger partial charge in [0.2, 0.25) is 5.89 Å². The summed E-state index contributed by atoms with van der Waals surface area (Å²) in [6.45, 7) is 3.74. The highest BCUT2D eigenvalue weighted by Gasteiger charge is 2.24. The summed E-state index contributed by atoms with van der Waals surface area (Å²) < 4.78 is 5.83. The first-order valence-corrected chi connectivity index (χ1v) is 7.72. The zero-order valence-corrected chi connectivity index (χ0v) is 12.3. The van der Waals surface area contributed by atoms with Crippen LogP contribution in [-0.2, 0) is 13.0 Å². The number of fused-ring (bicyclic) bond motifs is 1. The summed E-state index contributed by atoms with van der Waals surface area (Å²) in [6, 6.07) is 7.83. The SMILES string of the molecule is Cc1ccc2c(c1)CCCN2c1nnc(CNC2CC2)o1. The highest BCUT2D eigenvalue weighted by molar-refractivity contribution is 5.63. The molecule has 5 nitrogen and oxygen atoms in total. The predicted octanol–water partition coefficient (Wildman–Crippen LogP) is 2.71. The normalized spacial score (nSPS) is 17.9. The number of aromatic nitrogens is 2. The van der Waals surface area contributed by atoms with Crippen molar-refractivity contribution in [3.63, 3.8) is 0 Å². The Morgan fingerprint density at radius 3 is 3.10 bits per heavy atom. The van der Waals surface area contributed by atoms with Crippen LogP contribution in [0.3, 0.4) is 0 Å². The van der Waals surface area contributed by atoms with E-state index in [1.165, 1.54) is 29.7 Å². The summed E-state index contributed by atoms with van der Waals surface area (Å²) in [5.74, 6) is 0.677. The quantitative estimate of drug-likeness (QED) is 0.935. The Bertz CT molecular complexity index is 647. The van der Waals surface area contributed by atoms with E-state index in [-0.39, 0.29) is 0 Å². The van der Waals surface area contributed by atoms with Gasteiger partial charge >= 0.3 is 6.01 Å². The van der Waals surface area contributed by atoms with Crippen LogP contribution in [0.25, 0.3) is 0 Å². The molecule has 1 N–H and O–H groups in total. The largest absolute Gasteiger partial charge is 0.406 e. The molecule has 0 unspecified atom stereocenters. The third-order valence-electron chi connectivity index (χ3n) is 4.16. The molecule has 2 aliphatic rings. The lowest BCUT2D eigenvalue weighted by atomic mass is 10.00. The van der Waals surface area contributed by atoms with Crippen LogP contribution in [0.2, 0.25) is 0 Å². The summed E-state index contributed by atoms with van der Waals surface area (Å²) in [4.78, 5) is 2.14. The lowest BCUT2D eigenvalue weighted by Crippen LogP contribution is -2.24. The van der Waals surface area contributed by atoms with E-state index in [1.54, 1.807) is 0 Å². The van der Waals surface area contributed by atoms with Gasteiger partial charge in [0.05, 0.1) is 6.54 Å². The second kappa shape index (κ2) is 5.15. The molecular formula is C16H20N4O. The molecule has 1 fully saturated rings. The molecule has 1 aliphatic heterocycles. The Balaban J connectivity index is 1.56. The number of anilines is 2. The average Bonchev–Trinajstić information content (AvgIpc) is 3.21. The maximum absolute atomic E-state index is 5.83. The third-order valence-corrected chi connectivity index (χ3v) is 4.16. The van der Waals surface area contributed by atoms with E-state index in [0.29, 0.717) is 24.5 Å². The van der Waals surface area contributed by atoms with Crippen LogP contribution in [0.4, 0.5) is 11.7 Å². The molecule has 0 bridgehead atoms. The molecule has 4 rings (SSSR count). The van der Waals surface area contributed by atoms with Crippen molar-refractivity contribution < 1.29 is 4.42 Å².